The number of alkyl halides is 1. The van der Waals surface area contributed by atoms with Crippen molar-refractivity contribution in [2.24, 2.45) is 0 Å². The minimum Gasteiger partial charge on any atom is -0.220 e. The Bertz CT molecular complexity index is 519. The number of aromatic nitrogens is 3. The molecule has 0 amide bonds. The van der Waals surface area contributed by atoms with Crippen LogP contribution in [0.15, 0.2) is 24.4 Å². The van der Waals surface area contributed by atoms with E-state index in [9.17, 15) is 0 Å². The molecular formula is C13H16BrN3. The van der Waals surface area contributed by atoms with Crippen LogP contribution in [0, 0.1) is 13.8 Å². The lowest BCUT2D eigenvalue weighted by molar-refractivity contribution is 0.786. The van der Waals surface area contributed by atoms with Gasteiger partial charge in [0.25, 0.3) is 0 Å². The molecular weight excluding hydrogens is 278 g/mol. The third kappa shape index (κ3) is 2.41. The quantitative estimate of drug-likeness (QED) is 0.808. The van der Waals surface area contributed by atoms with Gasteiger partial charge in [-0.2, -0.15) is 0 Å². The topological polar surface area (TPSA) is 30.7 Å². The van der Waals surface area contributed by atoms with E-state index in [0.717, 1.165) is 17.8 Å². The molecule has 1 heterocycles. The van der Waals surface area contributed by atoms with Crippen molar-refractivity contribution in [3.8, 4) is 5.69 Å². The van der Waals surface area contributed by atoms with Gasteiger partial charge in [0.15, 0.2) is 0 Å². The van der Waals surface area contributed by atoms with Crippen molar-refractivity contribution in [1.29, 1.82) is 0 Å². The molecule has 0 aliphatic rings. The lowest BCUT2D eigenvalue weighted by Crippen LogP contribution is -1.99. The van der Waals surface area contributed by atoms with Crippen LogP contribution in [-0.2, 0) is 0 Å². The van der Waals surface area contributed by atoms with E-state index in [-0.39, 0.29) is 4.83 Å². The number of benzene rings is 1. The van der Waals surface area contributed by atoms with Crippen LogP contribution in [0.5, 0.6) is 0 Å². The molecule has 4 heteroatoms. The fourth-order valence-corrected chi connectivity index (χ4v) is 1.94. The number of hydrogen-bond donors (Lipinski definition) is 0. The third-order valence-electron chi connectivity index (χ3n) is 3.01. The van der Waals surface area contributed by atoms with Gasteiger partial charge >= 0.3 is 0 Å². The van der Waals surface area contributed by atoms with E-state index in [1.807, 2.05) is 16.9 Å². The van der Waals surface area contributed by atoms with Gasteiger partial charge in [0.1, 0.15) is 0 Å². The van der Waals surface area contributed by atoms with Gasteiger partial charge in [-0.3, -0.25) is 0 Å². The highest BCUT2D eigenvalue weighted by molar-refractivity contribution is 9.09. The van der Waals surface area contributed by atoms with Gasteiger partial charge in [-0.05, 0) is 37.5 Å². The molecule has 0 saturated carbocycles. The van der Waals surface area contributed by atoms with E-state index in [4.69, 9.17) is 0 Å². The molecule has 0 bridgehead atoms. The van der Waals surface area contributed by atoms with Crippen molar-refractivity contribution in [2.45, 2.75) is 32.0 Å². The Morgan fingerprint density at radius 3 is 2.82 bits per heavy atom. The summed E-state index contributed by atoms with van der Waals surface area (Å²) in [7, 11) is 0. The summed E-state index contributed by atoms with van der Waals surface area (Å²) < 4.78 is 1.85. The summed E-state index contributed by atoms with van der Waals surface area (Å²) in [4.78, 5) is 0.279. The van der Waals surface area contributed by atoms with Crippen LogP contribution >= 0.6 is 15.9 Å². The molecule has 0 fully saturated rings. The predicted molar refractivity (Wildman–Crippen MR) is 72.8 cm³/mol. The number of nitrogens with zero attached hydrogens (tertiary/aromatic N) is 3. The van der Waals surface area contributed by atoms with Gasteiger partial charge in [-0.25, -0.2) is 4.68 Å². The number of hydrogen-bond acceptors (Lipinski definition) is 2. The van der Waals surface area contributed by atoms with Gasteiger partial charge in [-0.1, -0.05) is 40.2 Å². The van der Waals surface area contributed by atoms with Crippen LogP contribution in [0.1, 0.15) is 35.0 Å². The molecule has 0 spiro atoms. The van der Waals surface area contributed by atoms with E-state index in [0.29, 0.717) is 0 Å². The Morgan fingerprint density at radius 2 is 2.12 bits per heavy atom. The van der Waals surface area contributed by atoms with Crippen LogP contribution in [-0.4, -0.2) is 15.0 Å². The fraction of sp³-hybridized carbons (Fsp3) is 0.385. The van der Waals surface area contributed by atoms with Gasteiger partial charge in [0, 0.05) is 0 Å². The van der Waals surface area contributed by atoms with Crippen LogP contribution in [0.4, 0.5) is 0 Å². The molecule has 90 valence electrons. The largest absolute Gasteiger partial charge is 0.220 e. The molecule has 0 radical (unpaired) electrons. The number of aryl methyl sites for hydroxylation is 1. The van der Waals surface area contributed by atoms with E-state index in [1.54, 1.807) is 0 Å². The molecule has 0 aliphatic carbocycles. The van der Waals surface area contributed by atoms with Crippen molar-refractivity contribution in [1.82, 2.24) is 15.0 Å². The first-order valence-electron chi connectivity index (χ1n) is 5.76. The molecule has 2 rings (SSSR count). The highest BCUT2D eigenvalue weighted by Crippen LogP contribution is 2.25. The maximum atomic E-state index is 4.20. The first-order chi connectivity index (χ1) is 8.13. The first-order valence-corrected chi connectivity index (χ1v) is 6.68. The average Bonchev–Trinajstić information content (AvgIpc) is 2.81. The number of halogens is 1. The molecule has 17 heavy (non-hydrogen) atoms. The van der Waals surface area contributed by atoms with E-state index in [2.05, 4.69) is 59.1 Å². The smallest absolute Gasteiger partial charge is 0.0967 e. The summed E-state index contributed by atoms with van der Waals surface area (Å²) in [5.41, 5.74) is 4.59. The normalized spacial score (nSPS) is 12.7. The van der Waals surface area contributed by atoms with Gasteiger partial charge in [0.2, 0.25) is 0 Å². The van der Waals surface area contributed by atoms with Crippen LogP contribution in [0.2, 0.25) is 0 Å². The van der Waals surface area contributed by atoms with E-state index < -0.39 is 0 Å². The summed E-state index contributed by atoms with van der Waals surface area (Å²) in [6.45, 7) is 6.34. The van der Waals surface area contributed by atoms with Crippen molar-refractivity contribution in [3.05, 3.63) is 41.2 Å². The van der Waals surface area contributed by atoms with Gasteiger partial charge in [0.05, 0.1) is 22.4 Å². The Kier molecular flexibility index (Phi) is 3.62. The van der Waals surface area contributed by atoms with Crippen molar-refractivity contribution in [2.75, 3.05) is 0 Å². The summed E-state index contributed by atoms with van der Waals surface area (Å²) >= 11 is 3.59. The minimum atomic E-state index is 0.279. The van der Waals surface area contributed by atoms with E-state index in [1.165, 1.54) is 11.1 Å². The fourth-order valence-electron chi connectivity index (χ4n) is 1.73. The first kappa shape index (κ1) is 12.3. The average molecular weight is 294 g/mol. The molecule has 0 aliphatic heterocycles. The summed E-state index contributed by atoms with van der Waals surface area (Å²) in [6.07, 6.45) is 3.00. The molecule has 3 nitrogen and oxygen atoms in total. The predicted octanol–water partition coefficient (Wildman–Crippen LogP) is 3.73. The summed E-state index contributed by atoms with van der Waals surface area (Å²) in [5, 5.41) is 8.39. The molecule has 1 atom stereocenters. The molecule has 1 unspecified atom stereocenters. The van der Waals surface area contributed by atoms with Crippen molar-refractivity contribution in [3.63, 3.8) is 0 Å². The highest BCUT2D eigenvalue weighted by atomic mass is 79.9. The molecule has 1 aromatic heterocycles. The summed E-state index contributed by atoms with van der Waals surface area (Å²) in [5.74, 6) is 0. The Balaban J connectivity index is 2.40. The number of rotatable bonds is 3. The second-order valence-electron chi connectivity index (χ2n) is 4.18. The van der Waals surface area contributed by atoms with Gasteiger partial charge in [-0.15, -0.1) is 5.10 Å². The molecule has 2 aromatic rings. The van der Waals surface area contributed by atoms with Gasteiger partial charge < -0.3 is 0 Å². The van der Waals surface area contributed by atoms with Crippen molar-refractivity contribution < 1.29 is 0 Å². The van der Waals surface area contributed by atoms with Crippen LogP contribution in [0.3, 0.4) is 0 Å². The monoisotopic (exact) mass is 293 g/mol. The Morgan fingerprint density at radius 1 is 1.35 bits per heavy atom. The second kappa shape index (κ2) is 5.00. The van der Waals surface area contributed by atoms with E-state index >= 15 is 0 Å². The Hall–Kier alpha value is -1.16. The standard InChI is InChI=1S/C13H16BrN3/c1-4-11(14)12-8-17(16-15-12)13-7-5-6-9(2)10(13)3/h5-8,11H,4H2,1-3H3. The zero-order chi connectivity index (χ0) is 12.4. The second-order valence-corrected chi connectivity index (χ2v) is 5.29. The Labute approximate surface area is 110 Å². The lowest BCUT2D eigenvalue weighted by atomic mass is 10.1. The molecule has 0 N–H and O–H groups in total. The maximum Gasteiger partial charge on any atom is 0.0967 e. The maximum absolute atomic E-state index is 4.20. The SMILES string of the molecule is CCC(Br)c1cn(-c2cccc(C)c2C)nn1. The third-order valence-corrected chi connectivity index (χ3v) is 4.13. The molecule has 0 saturated heterocycles. The zero-order valence-electron chi connectivity index (χ0n) is 10.3. The minimum absolute atomic E-state index is 0.279. The van der Waals surface area contributed by atoms with Crippen LogP contribution < -0.4 is 0 Å². The highest BCUT2D eigenvalue weighted by Gasteiger charge is 2.11. The zero-order valence-corrected chi connectivity index (χ0v) is 11.9. The lowest BCUT2D eigenvalue weighted by Gasteiger charge is -2.07. The van der Waals surface area contributed by atoms with Crippen molar-refractivity contribution >= 4 is 15.9 Å². The molecule has 1 aromatic carbocycles. The van der Waals surface area contributed by atoms with Crippen LogP contribution in [0.25, 0.3) is 5.69 Å². The summed E-state index contributed by atoms with van der Waals surface area (Å²) in [6, 6.07) is 6.22.